The van der Waals surface area contributed by atoms with E-state index in [1.807, 2.05) is 0 Å². The van der Waals surface area contributed by atoms with E-state index in [4.69, 9.17) is 15.7 Å². The molecule has 1 aliphatic rings. The number of rotatable bonds is 10. The summed E-state index contributed by atoms with van der Waals surface area (Å²) >= 11 is 3.23. The van der Waals surface area contributed by atoms with E-state index in [9.17, 15) is 4.79 Å². The molecular formula is C21H29N7OS2. The zero-order valence-corrected chi connectivity index (χ0v) is 20.1. The molecule has 0 aromatic carbocycles. The molecule has 1 amide bonds. The molecule has 0 saturated heterocycles. The second-order valence-electron chi connectivity index (χ2n) is 7.95. The van der Waals surface area contributed by atoms with Crippen LogP contribution in [0.5, 0.6) is 0 Å². The highest BCUT2D eigenvalue weighted by Crippen LogP contribution is 2.42. The smallest absolute Gasteiger partial charge is 0.219 e. The standard InChI is InChI=1S/C21H29N7OS2/c1-5-27(6-2)11-16-23-19-17(12(3)13(4)30-19)20(24-16)31-21-26-25-18(14-7-8-14)28(21)10-9-15(22)29/h14H,5-11H2,1-4H3,(H2,22,29). The van der Waals surface area contributed by atoms with E-state index < -0.39 is 0 Å². The highest BCUT2D eigenvalue weighted by molar-refractivity contribution is 7.99. The highest BCUT2D eigenvalue weighted by atomic mass is 32.2. The van der Waals surface area contributed by atoms with Gasteiger partial charge in [-0.25, -0.2) is 9.97 Å². The molecule has 2 N–H and O–H groups in total. The van der Waals surface area contributed by atoms with Crippen molar-refractivity contribution in [3.05, 3.63) is 22.1 Å². The van der Waals surface area contributed by atoms with E-state index in [1.54, 1.807) is 11.3 Å². The first-order chi connectivity index (χ1) is 14.9. The number of aromatic nitrogens is 5. The van der Waals surface area contributed by atoms with E-state index in [0.717, 1.165) is 58.0 Å². The summed E-state index contributed by atoms with van der Waals surface area (Å²) in [4.78, 5) is 25.8. The quantitative estimate of drug-likeness (QED) is 0.462. The summed E-state index contributed by atoms with van der Waals surface area (Å²) in [5, 5.41) is 11.7. The third-order valence-corrected chi connectivity index (χ3v) is 7.83. The van der Waals surface area contributed by atoms with Gasteiger partial charge in [0.15, 0.2) is 5.16 Å². The normalized spacial score (nSPS) is 14.1. The summed E-state index contributed by atoms with van der Waals surface area (Å²) in [5.41, 5.74) is 6.63. The van der Waals surface area contributed by atoms with E-state index in [-0.39, 0.29) is 12.3 Å². The molecule has 0 atom stereocenters. The number of primary amides is 1. The van der Waals surface area contributed by atoms with Gasteiger partial charge in [0.2, 0.25) is 5.91 Å². The van der Waals surface area contributed by atoms with E-state index in [2.05, 4.69) is 47.4 Å². The Morgan fingerprint density at radius 3 is 2.61 bits per heavy atom. The number of amides is 1. The molecule has 3 aromatic heterocycles. The summed E-state index contributed by atoms with van der Waals surface area (Å²) < 4.78 is 2.06. The van der Waals surface area contributed by atoms with Crippen LogP contribution in [0.15, 0.2) is 10.2 Å². The van der Waals surface area contributed by atoms with Crippen molar-refractivity contribution in [2.75, 3.05) is 13.1 Å². The van der Waals surface area contributed by atoms with Gasteiger partial charge in [-0.15, -0.1) is 21.5 Å². The summed E-state index contributed by atoms with van der Waals surface area (Å²) in [6, 6.07) is 0. The average molecular weight is 460 g/mol. The Kier molecular flexibility index (Phi) is 6.59. The van der Waals surface area contributed by atoms with Gasteiger partial charge in [-0.05, 0) is 57.1 Å². The van der Waals surface area contributed by atoms with Crippen molar-refractivity contribution in [1.82, 2.24) is 29.6 Å². The minimum atomic E-state index is -0.318. The topological polar surface area (TPSA) is 103 Å². The van der Waals surface area contributed by atoms with Crippen molar-refractivity contribution in [3.8, 4) is 0 Å². The number of aryl methyl sites for hydroxylation is 2. The Morgan fingerprint density at radius 1 is 1.23 bits per heavy atom. The number of carbonyl (C=O) groups is 1. The molecule has 166 valence electrons. The molecule has 0 unspecified atom stereocenters. The number of hydrogen-bond acceptors (Lipinski definition) is 8. The molecular weight excluding hydrogens is 430 g/mol. The number of fused-ring (bicyclic) bond motifs is 1. The molecule has 0 spiro atoms. The zero-order chi connectivity index (χ0) is 22.1. The maximum absolute atomic E-state index is 11.4. The second-order valence-corrected chi connectivity index (χ2v) is 10.1. The lowest BCUT2D eigenvalue weighted by Crippen LogP contribution is -2.23. The van der Waals surface area contributed by atoms with Crippen LogP contribution in [0.25, 0.3) is 10.2 Å². The summed E-state index contributed by atoms with van der Waals surface area (Å²) in [7, 11) is 0. The predicted octanol–water partition coefficient (Wildman–Crippen LogP) is 3.65. The molecule has 3 aromatic rings. The van der Waals surface area contributed by atoms with Gasteiger partial charge in [-0.2, -0.15) is 0 Å². The van der Waals surface area contributed by atoms with E-state index in [1.165, 1.54) is 22.2 Å². The third kappa shape index (κ3) is 4.75. The predicted molar refractivity (Wildman–Crippen MR) is 123 cm³/mol. The van der Waals surface area contributed by atoms with Crippen molar-refractivity contribution in [2.45, 2.75) is 76.1 Å². The van der Waals surface area contributed by atoms with Gasteiger partial charge >= 0.3 is 0 Å². The molecule has 0 radical (unpaired) electrons. The number of carbonyl (C=O) groups excluding carboxylic acids is 1. The SMILES string of the molecule is CCN(CC)Cc1nc(Sc2nnc(C3CC3)n2CCC(N)=O)c2c(C)c(C)sc2n1. The molecule has 0 aliphatic heterocycles. The van der Waals surface area contributed by atoms with Gasteiger partial charge in [0.25, 0.3) is 0 Å². The Morgan fingerprint density at radius 2 is 1.97 bits per heavy atom. The summed E-state index contributed by atoms with van der Waals surface area (Å²) in [6.07, 6.45) is 2.51. The Hall–Kier alpha value is -2.04. The van der Waals surface area contributed by atoms with Crippen molar-refractivity contribution in [3.63, 3.8) is 0 Å². The molecule has 31 heavy (non-hydrogen) atoms. The fourth-order valence-corrected chi connectivity index (χ4v) is 5.75. The summed E-state index contributed by atoms with van der Waals surface area (Å²) in [5.74, 6) is 1.89. The van der Waals surface area contributed by atoms with E-state index >= 15 is 0 Å². The maximum Gasteiger partial charge on any atom is 0.219 e. The van der Waals surface area contributed by atoms with Crippen LogP contribution in [-0.4, -0.2) is 48.6 Å². The molecule has 10 heteroatoms. The number of thiophene rings is 1. The van der Waals surface area contributed by atoms with Crippen molar-refractivity contribution in [1.29, 1.82) is 0 Å². The van der Waals surface area contributed by atoms with Crippen molar-refractivity contribution >= 4 is 39.2 Å². The molecule has 0 bridgehead atoms. The van der Waals surface area contributed by atoms with Crippen LogP contribution >= 0.6 is 23.1 Å². The third-order valence-electron chi connectivity index (χ3n) is 5.76. The van der Waals surface area contributed by atoms with Crippen molar-refractivity contribution in [2.24, 2.45) is 5.73 Å². The lowest BCUT2D eigenvalue weighted by Gasteiger charge is -2.17. The average Bonchev–Trinajstić information content (AvgIpc) is 3.44. The minimum Gasteiger partial charge on any atom is -0.370 e. The largest absolute Gasteiger partial charge is 0.370 e. The maximum atomic E-state index is 11.4. The number of hydrogen-bond donors (Lipinski definition) is 1. The number of nitrogens with two attached hydrogens (primary N) is 1. The van der Waals surface area contributed by atoms with Crippen LogP contribution in [-0.2, 0) is 17.9 Å². The molecule has 1 aliphatic carbocycles. The molecule has 8 nitrogen and oxygen atoms in total. The molecule has 1 fully saturated rings. The van der Waals surface area contributed by atoms with Gasteiger partial charge in [0.1, 0.15) is 21.5 Å². The molecule has 3 heterocycles. The first kappa shape index (κ1) is 22.2. The van der Waals surface area contributed by atoms with Crippen LogP contribution < -0.4 is 5.73 Å². The van der Waals surface area contributed by atoms with Crippen LogP contribution in [0.1, 0.15) is 61.1 Å². The number of nitrogens with zero attached hydrogens (tertiary/aromatic N) is 6. The second kappa shape index (κ2) is 9.22. The first-order valence-electron chi connectivity index (χ1n) is 10.8. The zero-order valence-electron chi connectivity index (χ0n) is 18.5. The van der Waals surface area contributed by atoms with E-state index in [0.29, 0.717) is 19.0 Å². The van der Waals surface area contributed by atoms with Gasteiger partial charge in [-0.3, -0.25) is 9.69 Å². The van der Waals surface area contributed by atoms with Crippen molar-refractivity contribution < 1.29 is 4.79 Å². The Balaban J connectivity index is 1.74. The lowest BCUT2D eigenvalue weighted by atomic mass is 10.2. The Bertz CT molecular complexity index is 1100. The van der Waals surface area contributed by atoms with Gasteiger partial charge < -0.3 is 10.3 Å². The molecule has 4 rings (SSSR count). The fraction of sp³-hybridized carbons (Fsp3) is 0.571. The highest BCUT2D eigenvalue weighted by Gasteiger charge is 2.31. The molecule has 1 saturated carbocycles. The van der Waals surface area contributed by atoms with Gasteiger partial charge in [0.05, 0.1) is 6.54 Å². The van der Waals surface area contributed by atoms with Crippen LogP contribution in [0.4, 0.5) is 0 Å². The van der Waals surface area contributed by atoms with Gasteiger partial charge in [0, 0.05) is 29.1 Å². The minimum absolute atomic E-state index is 0.272. The first-order valence-corrected chi connectivity index (χ1v) is 12.4. The van der Waals surface area contributed by atoms with Gasteiger partial charge in [-0.1, -0.05) is 13.8 Å². The van der Waals surface area contributed by atoms with Crippen LogP contribution in [0.3, 0.4) is 0 Å². The summed E-state index contributed by atoms with van der Waals surface area (Å²) in [6.45, 7) is 11.7. The lowest BCUT2D eigenvalue weighted by molar-refractivity contribution is -0.118. The van der Waals surface area contributed by atoms with Crippen LogP contribution in [0, 0.1) is 13.8 Å². The fourth-order valence-electron chi connectivity index (χ4n) is 3.58. The van der Waals surface area contributed by atoms with Crippen LogP contribution in [0.2, 0.25) is 0 Å². The Labute approximate surface area is 190 Å². The monoisotopic (exact) mass is 459 g/mol.